The van der Waals surface area contributed by atoms with Gasteiger partial charge in [0.1, 0.15) is 11.6 Å². The molecule has 0 saturated carbocycles. The molecule has 84 valence electrons. The van der Waals surface area contributed by atoms with Crippen molar-refractivity contribution < 1.29 is 8.78 Å². The Morgan fingerprint density at radius 3 is 2.81 bits per heavy atom. The van der Waals surface area contributed by atoms with Crippen LogP contribution < -0.4 is 0 Å². The van der Waals surface area contributed by atoms with Gasteiger partial charge in [-0.25, -0.2) is 13.8 Å². The highest BCUT2D eigenvalue weighted by atomic mass is 32.1. The maximum Gasteiger partial charge on any atom is 0.135 e. The summed E-state index contributed by atoms with van der Waals surface area (Å²) in [7, 11) is 0. The van der Waals surface area contributed by atoms with Crippen molar-refractivity contribution in [2.75, 3.05) is 5.75 Å². The van der Waals surface area contributed by atoms with Crippen LogP contribution >= 0.6 is 24.0 Å². The van der Waals surface area contributed by atoms with Crippen LogP contribution in [0.5, 0.6) is 0 Å². The van der Waals surface area contributed by atoms with E-state index in [1.54, 1.807) is 5.38 Å². The Labute approximate surface area is 102 Å². The molecule has 0 N–H and O–H groups in total. The first kappa shape index (κ1) is 11.5. The molecule has 0 aliphatic rings. The Bertz CT molecular complexity index is 496. The average molecular weight is 257 g/mol. The highest BCUT2D eigenvalue weighted by Crippen LogP contribution is 2.25. The number of thiazole rings is 1. The topological polar surface area (TPSA) is 12.9 Å². The van der Waals surface area contributed by atoms with Gasteiger partial charge in [0.15, 0.2) is 0 Å². The van der Waals surface area contributed by atoms with Crippen LogP contribution in [0.15, 0.2) is 23.6 Å². The normalized spacial score (nSPS) is 10.7. The zero-order valence-corrected chi connectivity index (χ0v) is 9.99. The maximum absolute atomic E-state index is 13.4. The lowest BCUT2D eigenvalue weighted by Crippen LogP contribution is -1.88. The van der Waals surface area contributed by atoms with Crippen molar-refractivity contribution in [3.05, 3.63) is 40.2 Å². The second-order valence-corrected chi connectivity index (χ2v) is 4.61. The van der Waals surface area contributed by atoms with Crippen molar-refractivity contribution >= 4 is 24.0 Å². The summed E-state index contributed by atoms with van der Waals surface area (Å²) < 4.78 is 26.2. The van der Waals surface area contributed by atoms with Crippen LogP contribution in [0.1, 0.15) is 5.01 Å². The molecule has 0 aliphatic carbocycles. The summed E-state index contributed by atoms with van der Waals surface area (Å²) >= 11 is 5.57. The standard InChI is InChI=1S/C11H9F2NS2/c12-7-1-2-8(9(13)5-7)10-6-16-11(14-10)3-4-15/h1-2,5-6,15H,3-4H2. The third-order valence-electron chi connectivity index (χ3n) is 2.08. The Balaban J connectivity index is 2.35. The maximum atomic E-state index is 13.4. The molecule has 0 aliphatic heterocycles. The molecule has 0 unspecified atom stereocenters. The van der Waals surface area contributed by atoms with Crippen LogP contribution in [-0.4, -0.2) is 10.7 Å². The lowest BCUT2D eigenvalue weighted by Gasteiger charge is -1.98. The Morgan fingerprint density at radius 2 is 2.12 bits per heavy atom. The molecule has 0 radical (unpaired) electrons. The first-order valence-corrected chi connectivity index (χ1v) is 6.22. The Hall–Kier alpha value is -0.940. The van der Waals surface area contributed by atoms with E-state index in [9.17, 15) is 8.78 Å². The predicted octanol–water partition coefficient (Wildman–Crippen LogP) is 3.56. The largest absolute Gasteiger partial charge is 0.241 e. The minimum atomic E-state index is -0.581. The lowest BCUT2D eigenvalue weighted by atomic mass is 10.1. The lowest BCUT2D eigenvalue weighted by molar-refractivity contribution is 0.585. The van der Waals surface area contributed by atoms with Crippen molar-refractivity contribution in [1.82, 2.24) is 4.98 Å². The van der Waals surface area contributed by atoms with Crippen molar-refractivity contribution in [2.24, 2.45) is 0 Å². The van der Waals surface area contributed by atoms with Crippen molar-refractivity contribution in [2.45, 2.75) is 6.42 Å². The summed E-state index contributed by atoms with van der Waals surface area (Å²) in [5.41, 5.74) is 0.891. The van der Waals surface area contributed by atoms with Gasteiger partial charge in [-0.1, -0.05) is 0 Å². The highest BCUT2D eigenvalue weighted by molar-refractivity contribution is 7.80. The number of halogens is 2. The molecule has 5 heteroatoms. The molecule has 2 rings (SSSR count). The molecule has 0 amide bonds. The number of aryl methyl sites for hydroxylation is 1. The summed E-state index contributed by atoms with van der Waals surface area (Å²) in [6.07, 6.45) is 0.761. The fourth-order valence-corrected chi connectivity index (χ4v) is 2.50. The predicted molar refractivity (Wildman–Crippen MR) is 65.0 cm³/mol. The molecular formula is C11H9F2NS2. The monoisotopic (exact) mass is 257 g/mol. The van der Waals surface area contributed by atoms with E-state index in [2.05, 4.69) is 17.6 Å². The van der Waals surface area contributed by atoms with E-state index in [-0.39, 0.29) is 0 Å². The van der Waals surface area contributed by atoms with Crippen LogP contribution in [0.2, 0.25) is 0 Å². The van der Waals surface area contributed by atoms with Gasteiger partial charge in [0.05, 0.1) is 10.7 Å². The van der Waals surface area contributed by atoms with Gasteiger partial charge >= 0.3 is 0 Å². The quantitative estimate of drug-likeness (QED) is 0.830. The van der Waals surface area contributed by atoms with E-state index in [4.69, 9.17) is 0 Å². The second kappa shape index (κ2) is 4.93. The zero-order valence-electron chi connectivity index (χ0n) is 8.28. The van der Waals surface area contributed by atoms with E-state index in [1.807, 2.05) is 0 Å². The summed E-state index contributed by atoms with van der Waals surface area (Å²) in [5.74, 6) is -0.450. The molecule has 2 aromatic rings. The number of thiol groups is 1. The van der Waals surface area contributed by atoms with E-state index in [1.165, 1.54) is 23.5 Å². The number of nitrogens with zero attached hydrogens (tertiary/aromatic N) is 1. The summed E-state index contributed by atoms with van der Waals surface area (Å²) in [6, 6.07) is 3.51. The molecular weight excluding hydrogens is 248 g/mol. The Morgan fingerprint density at radius 1 is 1.31 bits per heavy atom. The van der Waals surface area contributed by atoms with Crippen LogP contribution in [-0.2, 0) is 6.42 Å². The molecule has 1 nitrogen and oxygen atoms in total. The zero-order chi connectivity index (χ0) is 11.5. The smallest absolute Gasteiger partial charge is 0.135 e. The SMILES string of the molecule is Fc1ccc(-c2csc(CCS)n2)c(F)c1. The molecule has 0 spiro atoms. The average Bonchev–Trinajstić information content (AvgIpc) is 2.67. The number of hydrogen-bond donors (Lipinski definition) is 1. The number of hydrogen-bond acceptors (Lipinski definition) is 3. The van der Waals surface area contributed by atoms with Gasteiger partial charge in [0.2, 0.25) is 0 Å². The van der Waals surface area contributed by atoms with E-state index < -0.39 is 11.6 Å². The number of aromatic nitrogens is 1. The second-order valence-electron chi connectivity index (χ2n) is 3.22. The van der Waals surface area contributed by atoms with Gasteiger partial charge in [-0.05, 0) is 17.9 Å². The van der Waals surface area contributed by atoms with Crippen molar-refractivity contribution in [3.63, 3.8) is 0 Å². The van der Waals surface area contributed by atoms with Gasteiger partial charge in [-0.3, -0.25) is 0 Å². The van der Waals surface area contributed by atoms with Crippen LogP contribution in [0.4, 0.5) is 8.78 Å². The van der Waals surface area contributed by atoms with E-state index in [0.717, 1.165) is 17.5 Å². The molecule has 0 fully saturated rings. The summed E-state index contributed by atoms with van der Waals surface area (Å²) in [6.45, 7) is 0. The van der Waals surface area contributed by atoms with Gasteiger partial charge in [0, 0.05) is 23.4 Å². The Kier molecular flexibility index (Phi) is 3.56. The minimum absolute atomic E-state index is 0.336. The van der Waals surface area contributed by atoms with Gasteiger partial charge in [0.25, 0.3) is 0 Å². The summed E-state index contributed by atoms with van der Waals surface area (Å²) in [4.78, 5) is 4.27. The number of rotatable bonds is 3. The first-order valence-electron chi connectivity index (χ1n) is 4.71. The van der Waals surface area contributed by atoms with E-state index in [0.29, 0.717) is 17.0 Å². The number of benzene rings is 1. The van der Waals surface area contributed by atoms with Gasteiger partial charge < -0.3 is 0 Å². The first-order chi connectivity index (χ1) is 7.70. The van der Waals surface area contributed by atoms with E-state index >= 15 is 0 Å². The van der Waals surface area contributed by atoms with Crippen LogP contribution in [0, 0.1) is 11.6 Å². The van der Waals surface area contributed by atoms with Crippen molar-refractivity contribution in [3.8, 4) is 11.3 Å². The third-order valence-corrected chi connectivity index (χ3v) is 3.22. The van der Waals surface area contributed by atoms with Crippen LogP contribution in [0.25, 0.3) is 11.3 Å². The highest BCUT2D eigenvalue weighted by Gasteiger charge is 2.09. The molecule has 1 heterocycles. The van der Waals surface area contributed by atoms with Crippen LogP contribution in [0.3, 0.4) is 0 Å². The molecule has 0 bridgehead atoms. The molecule has 0 saturated heterocycles. The molecule has 1 aromatic carbocycles. The van der Waals surface area contributed by atoms with Crippen molar-refractivity contribution in [1.29, 1.82) is 0 Å². The fraction of sp³-hybridized carbons (Fsp3) is 0.182. The molecule has 16 heavy (non-hydrogen) atoms. The minimum Gasteiger partial charge on any atom is -0.241 e. The van der Waals surface area contributed by atoms with Gasteiger partial charge in [-0.15, -0.1) is 11.3 Å². The fourth-order valence-electron chi connectivity index (χ4n) is 1.34. The molecule has 0 atom stereocenters. The molecule has 1 aromatic heterocycles. The summed E-state index contributed by atoms with van der Waals surface area (Å²) in [5, 5.41) is 2.68. The van der Waals surface area contributed by atoms with Gasteiger partial charge in [-0.2, -0.15) is 12.6 Å². The third kappa shape index (κ3) is 2.41.